The lowest BCUT2D eigenvalue weighted by Crippen LogP contribution is -2.51. The average Bonchev–Trinajstić information content (AvgIpc) is 3.08. The van der Waals surface area contributed by atoms with Gasteiger partial charge in [-0.05, 0) is 118 Å². The van der Waals surface area contributed by atoms with Crippen LogP contribution in [-0.4, -0.2) is 27.5 Å². The molecule has 4 heteroatoms. The van der Waals surface area contributed by atoms with Gasteiger partial charge in [0, 0.05) is 12.5 Å². The molecule has 0 N–H and O–H groups in total. The lowest BCUT2D eigenvalue weighted by atomic mass is 9.47. The van der Waals surface area contributed by atoms with Gasteiger partial charge in [0.1, 0.15) is 0 Å². The van der Waals surface area contributed by atoms with Crippen molar-refractivity contribution in [3.8, 4) is 0 Å². The Kier molecular flexibility index (Phi) is 6.80. The summed E-state index contributed by atoms with van der Waals surface area (Å²) in [5.41, 5.74) is 2.59. The van der Waals surface area contributed by atoms with Crippen LogP contribution in [0.5, 0.6) is 0 Å². The summed E-state index contributed by atoms with van der Waals surface area (Å²) in [6, 6.07) is 0. The second-order valence-electron chi connectivity index (χ2n) is 13.2. The van der Waals surface area contributed by atoms with E-state index in [0.717, 1.165) is 30.1 Å². The van der Waals surface area contributed by atoms with Crippen molar-refractivity contribution in [1.82, 2.24) is 0 Å². The van der Waals surface area contributed by atoms with Crippen molar-refractivity contribution >= 4 is 14.3 Å². The van der Waals surface area contributed by atoms with E-state index in [1.54, 1.807) is 5.57 Å². The van der Waals surface area contributed by atoms with E-state index in [1.165, 1.54) is 58.5 Å². The first-order valence-corrected chi connectivity index (χ1v) is 16.8. The van der Waals surface area contributed by atoms with Crippen molar-refractivity contribution in [2.75, 3.05) is 7.11 Å². The zero-order valence-electron chi connectivity index (χ0n) is 21.8. The Morgan fingerprint density at radius 2 is 1.88 bits per heavy atom. The molecule has 4 aliphatic rings. The van der Waals surface area contributed by atoms with Crippen LogP contribution in [0.2, 0.25) is 19.6 Å². The van der Waals surface area contributed by atoms with Gasteiger partial charge in [-0.1, -0.05) is 32.4 Å². The van der Waals surface area contributed by atoms with Crippen LogP contribution in [0.1, 0.15) is 85.0 Å². The fourth-order valence-corrected chi connectivity index (χ4v) is 10.1. The zero-order chi connectivity index (χ0) is 23.3. The molecular weight excluding hydrogens is 412 g/mol. The van der Waals surface area contributed by atoms with Crippen LogP contribution < -0.4 is 0 Å². The summed E-state index contributed by atoms with van der Waals surface area (Å²) in [4.78, 5) is 11.7. The number of allylic oxidation sites excluding steroid dienone is 1. The van der Waals surface area contributed by atoms with Crippen LogP contribution in [0.25, 0.3) is 0 Å². The third-order valence-corrected chi connectivity index (χ3v) is 11.4. The normalized spacial score (nSPS) is 42.3. The smallest absolute Gasteiger partial charge is 0.305 e. The average molecular weight is 461 g/mol. The lowest BCUT2D eigenvalue weighted by Gasteiger charge is -2.58. The van der Waals surface area contributed by atoms with Crippen LogP contribution in [0.3, 0.4) is 0 Å². The first kappa shape index (κ1) is 24.5. The Bertz CT molecular complexity index is 739. The fraction of sp³-hybridized carbons (Fsp3) is 0.893. The molecule has 182 valence electrons. The minimum Gasteiger partial charge on any atom is -0.469 e. The van der Waals surface area contributed by atoms with Crippen molar-refractivity contribution in [3.05, 3.63) is 11.6 Å². The summed E-state index contributed by atoms with van der Waals surface area (Å²) in [5.74, 6) is 3.90. The Balaban J connectivity index is 1.48. The van der Waals surface area contributed by atoms with E-state index in [0.29, 0.717) is 29.3 Å². The molecule has 3 unspecified atom stereocenters. The minimum atomic E-state index is -1.48. The van der Waals surface area contributed by atoms with E-state index >= 15 is 0 Å². The Hall–Kier alpha value is -0.613. The van der Waals surface area contributed by atoms with Gasteiger partial charge in [-0.3, -0.25) is 4.79 Å². The summed E-state index contributed by atoms with van der Waals surface area (Å²) >= 11 is 0. The molecule has 0 amide bonds. The van der Waals surface area contributed by atoms with Gasteiger partial charge in [0.05, 0.1) is 7.11 Å². The summed E-state index contributed by atoms with van der Waals surface area (Å²) in [6.45, 7) is 14.6. The van der Waals surface area contributed by atoms with Gasteiger partial charge in [-0.2, -0.15) is 0 Å². The van der Waals surface area contributed by atoms with Crippen LogP contribution in [0.4, 0.5) is 0 Å². The quantitative estimate of drug-likeness (QED) is 0.236. The Morgan fingerprint density at radius 3 is 2.56 bits per heavy atom. The van der Waals surface area contributed by atoms with Crippen LogP contribution >= 0.6 is 0 Å². The number of carbonyl (C=O) groups excluding carboxylic acids is 1. The molecule has 4 rings (SSSR count). The van der Waals surface area contributed by atoms with E-state index in [2.05, 4.69) is 46.5 Å². The molecule has 0 aromatic carbocycles. The number of rotatable bonds is 6. The fourth-order valence-electron chi connectivity index (χ4n) is 8.85. The number of carbonyl (C=O) groups is 1. The molecule has 0 spiro atoms. The minimum absolute atomic E-state index is 0.0492. The molecule has 3 nitrogen and oxygen atoms in total. The maximum absolute atomic E-state index is 11.7. The van der Waals surface area contributed by atoms with E-state index in [9.17, 15) is 4.79 Å². The van der Waals surface area contributed by atoms with Crippen molar-refractivity contribution < 1.29 is 14.0 Å². The van der Waals surface area contributed by atoms with E-state index in [-0.39, 0.29) is 5.97 Å². The lowest BCUT2D eigenvalue weighted by molar-refractivity contribution is -0.141. The Labute approximate surface area is 198 Å². The van der Waals surface area contributed by atoms with Crippen molar-refractivity contribution in [2.45, 2.75) is 111 Å². The van der Waals surface area contributed by atoms with Crippen molar-refractivity contribution in [2.24, 2.45) is 40.4 Å². The number of ether oxygens (including phenoxy) is 1. The largest absolute Gasteiger partial charge is 0.469 e. The molecule has 0 saturated heterocycles. The third-order valence-electron chi connectivity index (χ3n) is 10.4. The Morgan fingerprint density at radius 1 is 1.12 bits per heavy atom. The predicted molar refractivity (Wildman–Crippen MR) is 134 cm³/mol. The van der Waals surface area contributed by atoms with E-state index in [1.807, 2.05) is 0 Å². The molecule has 4 aliphatic carbocycles. The number of fused-ring (bicyclic) bond motifs is 5. The van der Waals surface area contributed by atoms with Gasteiger partial charge in [0.25, 0.3) is 0 Å². The highest BCUT2D eigenvalue weighted by Gasteiger charge is 2.59. The molecule has 0 aromatic heterocycles. The molecule has 32 heavy (non-hydrogen) atoms. The highest BCUT2D eigenvalue weighted by Crippen LogP contribution is 2.67. The highest BCUT2D eigenvalue weighted by molar-refractivity contribution is 6.69. The van der Waals surface area contributed by atoms with Gasteiger partial charge in [-0.25, -0.2) is 0 Å². The first-order valence-electron chi connectivity index (χ1n) is 13.4. The molecule has 8 atom stereocenters. The summed E-state index contributed by atoms with van der Waals surface area (Å²) in [6.07, 6.45) is 15.2. The number of methoxy groups -OCH3 is 1. The van der Waals surface area contributed by atoms with E-state index in [4.69, 9.17) is 9.16 Å². The standard InChI is InChI=1S/C28H48O3Si/c1-19(8-13-26(29)30-4)23-11-12-24-22-10-9-20-18-21(31-32(5,6)7)14-16-27(20,2)25(22)15-17-28(23,24)3/h9,19,21-25H,8,10-18H2,1-7H3/t19-,21+,22?,23-,24?,25?,27+,28-/m1/s1. The molecule has 0 radical (unpaired) electrons. The van der Waals surface area contributed by atoms with Gasteiger partial charge in [-0.15, -0.1) is 0 Å². The third kappa shape index (κ3) is 4.40. The molecule has 3 fully saturated rings. The molecule has 0 aromatic rings. The van der Waals surface area contributed by atoms with Crippen molar-refractivity contribution in [3.63, 3.8) is 0 Å². The second kappa shape index (κ2) is 8.87. The molecular formula is C28H48O3Si. The summed E-state index contributed by atoms with van der Waals surface area (Å²) < 4.78 is 11.5. The molecule has 0 bridgehead atoms. The van der Waals surface area contributed by atoms with Gasteiger partial charge in [0.2, 0.25) is 0 Å². The summed E-state index contributed by atoms with van der Waals surface area (Å²) in [7, 11) is 0.0323. The van der Waals surface area contributed by atoms with Gasteiger partial charge >= 0.3 is 5.97 Å². The molecule has 0 aliphatic heterocycles. The second-order valence-corrected chi connectivity index (χ2v) is 17.6. The number of hydrogen-bond acceptors (Lipinski definition) is 3. The monoisotopic (exact) mass is 460 g/mol. The van der Waals surface area contributed by atoms with Crippen LogP contribution in [0.15, 0.2) is 11.6 Å². The number of hydrogen-bond donors (Lipinski definition) is 0. The van der Waals surface area contributed by atoms with Crippen molar-refractivity contribution in [1.29, 1.82) is 0 Å². The van der Waals surface area contributed by atoms with Crippen LogP contribution in [-0.2, 0) is 14.0 Å². The first-order chi connectivity index (χ1) is 15.0. The van der Waals surface area contributed by atoms with Gasteiger partial charge in [0.15, 0.2) is 8.32 Å². The SMILES string of the molecule is COC(=O)CC[C@@H](C)[C@H]1CCC2C3CC=C4C[C@@H](O[Si](C)(C)C)CC[C@]4(C)C3CC[C@@]21C. The highest BCUT2D eigenvalue weighted by atomic mass is 28.4. The number of esters is 1. The molecule has 3 saturated carbocycles. The van der Waals surface area contributed by atoms with Crippen LogP contribution in [0, 0.1) is 40.4 Å². The zero-order valence-corrected chi connectivity index (χ0v) is 22.8. The maximum atomic E-state index is 11.7. The van der Waals surface area contributed by atoms with E-state index < -0.39 is 8.32 Å². The predicted octanol–water partition coefficient (Wildman–Crippen LogP) is 7.37. The maximum Gasteiger partial charge on any atom is 0.305 e. The summed E-state index contributed by atoms with van der Waals surface area (Å²) in [5, 5.41) is 0. The topological polar surface area (TPSA) is 35.5 Å². The van der Waals surface area contributed by atoms with Gasteiger partial charge < -0.3 is 9.16 Å². The molecule has 0 heterocycles.